The Morgan fingerprint density at radius 3 is 0.937 bits per heavy atom. The van der Waals surface area contributed by atoms with Crippen LogP contribution in [-0.2, 0) is 10.8 Å². The summed E-state index contributed by atoms with van der Waals surface area (Å²) in [7, 11) is 0. The number of hydrogen-bond donors (Lipinski definition) is 0. The molecule has 3 heteroatoms. The standard InChI is InChI=1S/C76H67N3/c1-44-24-45(2)29-62(28-44)77(63-30-46(3)25-47(4)31-63)60-22-20-52-36-54(16-18-56(52)38-60)58-40-66-67-41-59(43-71-73(67)79-72(66)70(42-58)75(9,10)68-14-13-15-69(74(68)79)76(71,11)12)55-17-19-57-39-61(23-21-53(57)37-55)78(64-32-48(5)26-49(6)33-64)65-34-50(7)27-51(8)35-65/h13-43H,1-12H3. The summed E-state index contributed by atoms with van der Waals surface area (Å²) in [5.74, 6) is 0. The molecule has 2 aliphatic rings. The molecule has 0 radical (unpaired) electrons. The molecule has 0 fully saturated rings. The molecular weight excluding hydrogens is 955 g/mol. The Morgan fingerprint density at radius 2 is 0.595 bits per heavy atom. The highest BCUT2D eigenvalue weighted by atomic mass is 15.1. The molecule has 0 amide bonds. The predicted molar refractivity (Wildman–Crippen MR) is 338 cm³/mol. The van der Waals surface area contributed by atoms with E-state index >= 15 is 0 Å². The fraction of sp³-hybridized carbons (Fsp3) is 0.184. The summed E-state index contributed by atoms with van der Waals surface area (Å²) < 4.78 is 2.66. The van der Waals surface area contributed by atoms with E-state index in [2.05, 4.69) is 286 Å². The minimum absolute atomic E-state index is 0.235. The third kappa shape index (κ3) is 7.76. The zero-order chi connectivity index (χ0) is 54.6. The van der Waals surface area contributed by atoms with Gasteiger partial charge in [-0.2, -0.15) is 0 Å². The summed E-state index contributed by atoms with van der Waals surface area (Å²) in [5, 5.41) is 7.51. The molecule has 0 atom stereocenters. The van der Waals surface area contributed by atoms with Crippen molar-refractivity contribution < 1.29 is 0 Å². The maximum atomic E-state index is 2.66. The van der Waals surface area contributed by atoms with Gasteiger partial charge in [0.1, 0.15) is 0 Å². The molecule has 3 heterocycles. The van der Waals surface area contributed by atoms with Gasteiger partial charge in [0.15, 0.2) is 0 Å². The van der Waals surface area contributed by atoms with Gasteiger partial charge in [0.05, 0.1) is 16.7 Å². The van der Waals surface area contributed by atoms with Crippen molar-refractivity contribution in [2.45, 2.75) is 93.9 Å². The number of anilines is 6. The van der Waals surface area contributed by atoms with E-state index in [1.807, 2.05) is 0 Å². The van der Waals surface area contributed by atoms with Crippen LogP contribution in [-0.4, -0.2) is 4.57 Å². The smallest absolute Gasteiger partial charge is 0.0582 e. The number of fused-ring (bicyclic) bond motifs is 3. The summed E-state index contributed by atoms with van der Waals surface area (Å²) in [6.45, 7) is 27.3. The van der Waals surface area contributed by atoms with E-state index in [4.69, 9.17) is 0 Å². The molecule has 14 rings (SSSR count). The van der Waals surface area contributed by atoms with E-state index < -0.39 is 0 Å². The van der Waals surface area contributed by atoms with Gasteiger partial charge in [0.25, 0.3) is 0 Å². The number of aromatic nitrogens is 1. The van der Waals surface area contributed by atoms with Crippen molar-refractivity contribution in [3.8, 4) is 27.9 Å². The number of nitrogens with zero attached hydrogens (tertiary/aromatic N) is 3. The Morgan fingerprint density at radius 1 is 0.278 bits per heavy atom. The molecule has 11 aromatic carbocycles. The van der Waals surface area contributed by atoms with Crippen molar-refractivity contribution in [3.05, 3.63) is 255 Å². The van der Waals surface area contributed by atoms with Crippen LogP contribution >= 0.6 is 0 Å². The van der Waals surface area contributed by atoms with E-state index in [9.17, 15) is 0 Å². The van der Waals surface area contributed by atoms with Gasteiger partial charge in [-0.05, 0) is 275 Å². The minimum Gasteiger partial charge on any atom is -0.310 e. The van der Waals surface area contributed by atoms with Crippen molar-refractivity contribution in [1.82, 2.24) is 4.57 Å². The molecular formula is C76H67N3. The highest BCUT2D eigenvalue weighted by Gasteiger charge is 2.44. The molecule has 0 bridgehead atoms. The maximum absolute atomic E-state index is 2.66. The molecule has 0 aliphatic carbocycles. The van der Waals surface area contributed by atoms with Gasteiger partial charge in [-0.3, -0.25) is 0 Å². The largest absolute Gasteiger partial charge is 0.310 e. The Kier molecular flexibility index (Phi) is 10.7. The molecule has 0 spiro atoms. The molecule has 12 aromatic rings. The Labute approximate surface area is 466 Å². The first-order valence-corrected chi connectivity index (χ1v) is 28.2. The topological polar surface area (TPSA) is 11.4 Å². The Balaban J connectivity index is 0.918. The second kappa shape index (κ2) is 17.4. The third-order valence-electron chi connectivity index (χ3n) is 17.6. The Hall–Kier alpha value is -8.66. The number of hydrogen-bond acceptors (Lipinski definition) is 2. The fourth-order valence-corrected chi connectivity index (χ4v) is 14.2. The van der Waals surface area contributed by atoms with Crippen LogP contribution < -0.4 is 9.80 Å². The van der Waals surface area contributed by atoms with E-state index in [-0.39, 0.29) is 10.8 Å². The highest BCUT2D eigenvalue weighted by Crippen LogP contribution is 2.57. The normalized spacial score (nSPS) is 13.8. The molecule has 0 N–H and O–H groups in total. The molecule has 1 aromatic heterocycles. The molecule has 79 heavy (non-hydrogen) atoms. The van der Waals surface area contributed by atoms with Gasteiger partial charge < -0.3 is 14.4 Å². The molecule has 0 unspecified atom stereocenters. The van der Waals surface area contributed by atoms with Crippen molar-refractivity contribution >= 4 is 77.5 Å². The van der Waals surface area contributed by atoms with Crippen LogP contribution in [0.15, 0.2) is 188 Å². The van der Waals surface area contributed by atoms with E-state index in [0.717, 1.165) is 11.4 Å². The summed E-state index contributed by atoms with van der Waals surface area (Å²) in [4.78, 5) is 4.85. The summed E-state index contributed by atoms with van der Waals surface area (Å²) >= 11 is 0. The molecule has 2 aliphatic heterocycles. The van der Waals surface area contributed by atoms with Gasteiger partial charge in [-0.1, -0.05) is 107 Å². The molecule has 3 nitrogen and oxygen atoms in total. The van der Waals surface area contributed by atoms with Crippen LogP contribution in [0.5, 0.6) is 0 Å². The Bertz CT molecular complexity index is 4130. The number of para-hydroxylation sites is 1. The number of benzene rings is 11. The maximum Gasteiger partial charge on any atom is 0.0582 e. The summed E-state index contributed by atoms with van der Waals surface area (Å²) in [6.07, 6.45) is 0. The average molecular weight is 1020 g/mol. The third-order valence-corrected chi connectivity index (χ3v) is 17.6. The lowest BCUT2D eigenvalue weighted by atomic mass is 9.68. The van der Waals surface area contributed by atoms with E-state index in [0.29, 0.717) is 0 Å². The zero-order valence-electron chi connectivity index (χ0n) is 47.7. The monoisotopic (exact) mass is 1020 g/mol. The van der Waals surface area contributed by atoms with Crippen LogP contribution in [0.3, 0.4) is 0 Å². The van der Waals surface area contributed by atoms with Gasteiger partial charge >= 0.3 is 0 Å². The molecule has 386 valence electrons. The lowest BCUT2D eigenvalue weighted by molar-refractivity contribution is 0.594. The quantitative estimate of drug-likeness (QED) is 0.150. The van der Waals surface area contributed by atoms with Crippen molar-refractivity contribution in [3.63, 3.8) is 0 Å². The van der Waals surface area contributed by atoms with Crippen molar-refractivity contribution in [2.24, 2.45) is 0 Å². The summed E-state index contributed by atoms with van der Waals surface area (Å²) in [6, 6.07) is 72.7. The molecule has 0 saturated carbocycles. The SMILES string of the molecule is Cc1cc(C)cc(N(c2cc(C)cc(C)c2)c2ccc3cc(-c4cc5c6c(c4)c4cc(-c7ccc8cc(N(c9cc(C)cc(C)c9)c9cc(C)cc(C)c9)ccc8c7)cc7c4n6-c4c(cccc4C7(C)C)C5(C)C)ccc3c2)c1. The zero-order valence-corrected chi connectivity index (χ0v) is 47.7. The first-order chi connectivity index (χ1) is 37.9. The number of aryl methyl sites for hydroxylation is 8. The second-order valence-electron chi connectivity index (χ2n) is 24.7. The predicted octanol–water partition coefficient (Wildman–Crippen LogP) is 21.1. The van der Waals surface area contributed by atoms with Crippen LogP contribution in [0.4, 0.5) is 34.1 Å². The van der Waals surface area contributed by atoms with Gasteiger partial charge in [0.2, 0.25) is 0 Å². The van der Waals surface area contributed by atoms with Gasteiger partial charge in [-0.25, -0.2) is 0 Å². The highest BCUT2D eigenvalue weighted by molar-refractivity contribution is 6.16. The first kappa shape index (κ1) is 48.7. The fourth-order valence-electron chi connectivity index (χ4n) is 14.2. The lowest BCUT2D eigenvalue weighted by Gasteiger charge is -2.42. The van der Waals surface area contributed by atoms with Crippen LogP contribution in [0.25, 0.3) is 71.3 Å². The van der Waals surface area contributed by atoms with Gasteiger partial charge in [-0.15, -0.1) is 0 Å². The van der Waals surface area contributed by atoms with Crippen LogP contribution in [0.1, 0.15) is 94.5 Å². The van der Waals surface area contributed by atoms with Crippen LogP contribution in [0, 0.1) is 55.4 Å². The number of rotatable bonds is 8. The summed E-state index contributed by atoms with van der Waals surface area (Å²) in [5.41, 5.74) is 31.1. The van der Waals surface area contributed by atoms with E-state index in [1.165, 1.54) is 161 Å². The van der Waals surface area contributed by atoms with Crippen molar-refractivity contribution in [2.75, 3.05) is 9.80 Å². The van der Waals surface area contributed by atoms with Gasteiger partial charge in [0, 0.05) is 55.7 Å². The second-order valence-corrected chi connectivity index (χ2v) is 24.7. The average Bonchev–Trinajstić information content (AvgIpc) is 3.51. The molecule has 0 saturated heterocycles. The van der Waals surface area contributed by atoms with E-state index in [1.54, 1.807) is 0 Å². The lowest BCUT2D eigenvalue weighted by Crippen LogP contribution is -2.33. The van der Waals surface area contributed by atoms with Crippen molar-refractivity contribution in [1.29, 1.82) is 0 Å². The first-order valence-electron chi connectivity index (χ1n) is 28.2. The minimum atomic E-state index is -0.235. The van der Waals surface area contributed by atoms with Crippen LogP contribution in [0.2, 0.25) is 0 Å².